The van der Waals surface area contributed by atoms with Crippen LogP contribution >= 0.6 is 0 Å². The number of amides is 18. The van der Waals surface area contributed by atoms with Gasteiger partial charge >= 0.3 is 11.9 Å². The van der Waals surface area contributed by atoms with Gasteiger partial charge in [-0.2, -0.15) is 0 Å². The summed E-state index contributed by atoms with van der Waals surface area (Å²) in [6.07, 6.45) is -0.744. The van der Waals surface area contributed by atoms with Crippen molar-refractivity contribution in [2.45, 2.75) is 241 Å². The third kappa shape index (κ3) is 36.5. The highest BCUT2D eigenvalue weighted by atomic mass is 16.4. The van der Waals surface area contributed by atoms with Gasteiger partial charge in [-0.3, -0.25) is 96.5 Å². The van der Waals surface area contributed by atoms with Crippen LogP contribution in [0.3, 0.4) is 0 Å². The van der Waals surface area contributed by atoms with Gasteiger partial charge in [0, 0.05) is 68.8 Å². The fourth-order valence-corrected chi connectivity index (χ4v) is 15.1. The largest absolute Gasteiger partial charge is 0.481 e. The van der Waals surface area contributed by atoms with E-state index in [1.165, 1.54) is 20.8 Å². The Morgan fingerprint density at radius 3 is 1.33 bits per heavy atom. The highest BCUT2D eigenvalue weighted by Crippen LogP contribution is 2.24. The number of H-pyrrole nitrogens is 1. The first kappa shape index (κ1) is 111. The van der Waals surface area contributed by atoms with Gasteiger partial charge in [-0.15, -0.1) is 0 Å². The van der Waals surface area contributed by atoms with E-state index in [9.17, 15) is 117 Å². The maximum atomic E-state index is 15.1. The van der Waals surface area contributed by atoms with Gasteiger partial charge in [-0.05, 0) is 120 Å². The first-order valence-electron chi connectivity index (χ1n) is 45.0. The summed E-state index contributed by atoms with van der Waals surface area (Å²) in [7, 11) is 0. The van der Waals surface area contributed by atoms with Crippen LogP contribution < -0.4 is 102 Å². The molecular formula is C89H129N23O25. The number of aliphatic hydroxyl groups excluding tert-OH is 3. The van der Waals surface area contributed by atoms with Crippen LogP contribution in [0.25, 0.3) is 10.9 Å². The Morgan fingerprint density at radius 1 is 0.416 bits per heavy atom. The van der Waals surface area contributed by atoms with Crippen LogP contribution in [0.4, 0.5) is 0 Å². The van der Waals surface area contributed by atoms with Crippen molar-refractivity contribution in [3.8, 4) is 0 Å². The third-order valence-corrected chi connectivity index (χ3v) is 22.3. The van der Waals surface area contributed by atoms with Gasteiger partial charge in [0.1, 0.15) is 90.6 Å². The molecule has 0 spiro atoms. The number of fused-ring (bicyclic) bond motifs is 1. The van der Waals surface area contributed by atoms with E-state index in [0.717, 1.165) is 9.80 Å². The molecule has 6 rings (SSSR count). The number of aliphatic hydroxyl groups is 3. The molecule has 0 aliphatic carbocycles. The predicted octanol–water partition coefficient (Wildman–Crippen LogP) is -7.35. The highest BCUT2D eigenvalue weighted by Gasteiger charge is 2.44. The maximum absolute atomic E-state index is 15.1. The van der Waals surface area contributed by atoms with Crippen molar-refractivity contribution in [1.82, 2.24) is 99.9 Å². The number of nitrogens with one attached hydrogen (secondary N) is 18. The average molecular weight is 1920 g/mol. The van der Waals surface area contributed by atoms with E-state index in [4.69, 9.17) is 22.6 Å². The van der Waals surface area contributed by atoms with Crippen molar-refractivity contribution >= 4 is 135 Å². The first-order chi connectivity index (χ1) is 64.9. The van der Waals surface area contributed by atoms with Gasteiger partial charge in [-0.1, -0.05) is 107 Å². The van der Waals surface area contributed by atoms with Crippen LogP contribution in [0.1, 0.15) is 142 Å². The fraction of sp³-hybridized carbons (Fsp3) is 0.539. The summed E-state index contributed by atoms with van der Waals surface area (Å²) < 4.78 is 0. The molecule has 3 aromatic carbocycles. The Balaban J connectivity index is 1.11. The van der Waals surface area contributed by atoms with Gasteiger partial charge in [0.25, 0.3) is 0 Å². The lowest BCUT2D eigenvalue weighted by Gasteiger charge is -2.30. The topological polar surface area (TPSA) is 759 Å². The summed E-state index contributed by atoms with van der Waals surface area (Å²) in [5.41, 5.74) is 18.5. The van der Waals surface area contributed by atoms with Crippen LogP contribution in [0.2, 0.25) is 0 Å². The summed E-state index contributed by atoms with van der Waals surface area (Å²) in [5, 5.41) is 98.8. The van der Waals surface area contributed by atoms with Crippen LogP contribution in [0, 0.1) is 17.2 Å². The van der Waals surface area contributed by atoms with E-state index < -0.39 is 274 Å². The molecule has 4 aromatic rings. The number of nitrogens with zero attached hydrogens (tertiary/aromatic N) is 2. The number of likely N-dealkylation sites (tertiary alicyclic amines) is 2. The Bertz CT molecular complexity index is 4910. The van der Waals surface area contributed by atoms with Gasteiger partial charge in [0.2, 0.25) is 106 Å². The number of aromatic nitrogens is 1. The van der Waals surface area contributed by atoms with Crippen LogP contribution in [-0.2, 0) is 115 Å². The van der Waals surface area contributed by atoms with Crippen molar-refractivity contribution in [2.75, 3.05) is 52.5 Å². The zero-order valence-corrected chi connectivity index (χ0v) is 77.3. The second-order valence-corrected chi connectivity index (χ2v) is 34.4. The first-order valence-corrected chi connectivity index (χ1v) is 45.0. The van der Waals surface area contributed by atoms with E-state index in [1.807, 2.05) is 0 Å². The summed E-state index contributed by atoms with van der Waals surface area (Å²) >= 11 is 0. The van der Waals surface area contributed by atoms with Gasteiger partial charge in [0.15, 0.2) is 5.96 Å². The number of aliphatic carboxylic acids is 2. The number of carboxylic acids is 2. The van der Waals surface area contributed by atoms with Crippen LogP contribution in [0.5, 0.6) is 0 Å². The number of hydrogen-bond donors (Lipinski definition) is 26. The van der Waals surface area contributed by atoms with Crippen molar-refractivity contribution < 1.29 is 121 Å². The quantitative estimate of drug-likeness (QED) is 0.0111. The number of rotatable bonds is 56. The smallest absolute Gasteiger partial charge is 0.326 e. The molecular weight excluding hydrogens is 1790 g/mol. The number of carbonyl (C=O) groups excluding carboxylic acids is 18. The lowest BCUT2D eigenvalue weighted by Crippen LogP contribution is -2.61. The number of primary amides is 1. The number of carbonyl (C=O) groups is 20. The van der Waals surface area contributed by atoms with Crippen LogP contribution in [-0.4, -0.2) is 314 Å². The van der Waals surface area contributed by atoms with Gasteiger partial charge < -0.3 is 143 Å². The zero-order chi connectivity index (χ0) is 101. The summed E-state index contributed by atoms with van der Waals surface area (Å²) in [6.45, 7) is 5.84. The van der Waals surface area contributed by atoms with E-state index in [-0.39, 0.29) is 108 Å². The summed E-state index contributed by atoms with van der Waals surface area (Å²) in [4.78, 5) is 278. The lowest BCUT2D eigenvalue weighted by atomic mass is 10.0. The lowest BCUT2D eigenvalue weighted by molar-refractivity contribution is -0.143. The Kier molecular flexibility index (Phi) is 45.2. The molecule has 2 fully saturated rings. The molecule has 48 heteroatoms. The zero-order valence-electron chi connectivity index (χ0n) is 77.3. The van der Waals surface area contributed by atoms with Crippen molar-refractivity contribution in [3.05, 3.63) is 108 Å². The molecule has 3 heterocycles. The molecule has 2 aliphatic heterocycles. The standard InChI is InChI=1S/C89H129N23O25/c1-46(2)35-59(101-71(118)42-97-75(123)57(29-31-72(119)120)100-70(117)41-96-73(121)48(5)90)79(127)108-65(44-114)83(131)110-66(45-115)87(135)112-34-18-27-68(112)85(133)106-61(37-51-19-10-8-11-20-51)80(128)105-62(39-53-40-95-55-24-15-14-23-54(53)55)81(129)109-64(43-113)82(130)104-60(36-47(3)4)78(126)98-49(6)74(122)99-50(7)86(134)111-33-17-26-67(111)84(132)103-58(28-30-69(91)116)77(125)102-56(25-16-32-94-89(92)93)76(124)107-63(88(136)137)38-52-21-12-9-13-22-52/h8-15,19-24,40,46-50,56-68,95,113-115H,16-18,25-39,41-45,90H2,1-7H3,(H2,91,116)(H,96,121)(H,97,123)(H,98,126)(H,99,122)(H,100,117)(H,101,118)(H,102,125)(H,103,132)(H,104,130)(H,105,128)(H,106,133)(H,107,124)(H,108,127)(H,109,129)(H,110,131)(H,119,120)(H,136,137)(H4,92,93,94)/t48-,49-,50-,56-,57-,58-,59-,60-,61-,62-,63-,64-,65-,66-,67-,68-/m0/s1. The molecule has 18 amide bonds. The number of aromatic amines is 1. The third-order valence-electron chi connectivity index (χ3n) is 22.3. The highest BCUT2D eigenvalue weighted by molar-refractivity contribution is 6.02. The number of nitrogens with two attached hydrogens (primary N) is 3. The summed E-state index contributed by atoms with van der Waals surface area (Å²) in [5.74, 6) is -21.0. The van der Waals surface area contributed by atoms with Crippen LogP contribution in [0.15, 0.2) is 91.1 Å². The maximum Gasteiger partial charge on any atom is 0.326 e. The molecule has 0 saturated carbocycles. The molecule has 48 nitrogen and oxygen atoms in total. The second-order valence-electron chi connectivity index (χ2n) is 34.4. The predicted molar refractivity (Wildman–Crippen MR) is 490 cm³/mol. The van der Waals surface area contributed by atoms with E-state index in [2.05, 4.69) is 90.1 Å². The van der Waals surface area contributed by atoms with Gasteiger partial charge in [0.05, 0.1) is 39.0 Å². The van der Waals surface area contributed by atoms with E-state index >= 15 is 4.79 Å². The van der Waals surface area contributed by atoms with E-state index in [0.29, 0.717) is 27.6 Å². The molecule has 0 unspecified atom stereocenters. The molecule has 137 heavy (non-hydrogen) atoms. The molecule has 0 radical (unpaired) electrons. The monoisotopic (exact) mass is 1920 g/mol. The molecule has 2 aliphatic rings. The Hall–Kier alpha value is -14.3. The molecule has 16 atom stereocenters. The molecule has 750 valence electrons. The van der Waals surface area contributed by atoms with Gasteiger partial charge in [-0.25, -0.2) is 4.79 Å². The SMILES string of the molecule is CC(C)C[C@H](NC(=O)CNC(=O)[C@H](CCC(=O)O)NC(=O)CNC(=O)[C@H](C)N)C(=O)N[C@@H](CO)C(=O)N[C@@H](CO)C(=O)N1CCC[C@H]1C(=O)N[C@@H](Cc1ccccc1)C(=O)N[C@@H](Cc1c[nH]c2ccccc12)C(=O)N[C@@H](CO)C(=O)N[C@@H](CC(C)C)C(=O)N[C@@H](C)C(=O)N[C@@H](C)C(=O)N1CCC[C@H]1C(=O)N[C@@H](CCC(N)=O)C(=O)N[C@@H](CCCNC(=N)N)C(=O)N[C@@H](Cc1ccccc1)C(=O)O. The molecule has 0 bridgehead atoms. The number of para-hydroxylation sites is 1. The molecule has 2 saturated heterocycles. The minimum absolute atomic E-state index is 0.0153. The summed E-state index contributed by atoms with van der Waals surface area (Å²) in [6, 6.07) is -0.521. The number of benzene rings is 3. The fourth-order valence-electron chi connectivity index (χ4n) is 15.1. The number of hydrogen-bond acceptors (Lipinski definition) is 25. The number of carboxylic acid groups (broad SMARTS) is 2. The second kappa shape index (κ2) is 55.5. The Labute approximate surface area is 789 Å². The van der Waals surface area contributed by atoms with Crippen molar-refractivity contribution in [3.63, 3.8) is 0 Å². The van der Waals surface area contributed by atoms with Crippen molar-refractivity contribution in [1.29, 1.82) is 5.41 Å². The normalized spacial score (nSPS) is 16.4. The number of guanidine groups is 1. The minimum atomic E-state index is -1.86. The minimum Gasteiger partial charge on any atom is -0.481 e. The average Bonchev–Trinajstić information content (AvgIpc) is 1.79. The molecule has 29 N–H and O–H groups in total. The van der Waals surface area contributed by atoms with Crippen molar-refractivity contribution in [2.24, 2.45) is 29.0 Å². The Morgan fingerprint density at radius 2 is 0.818 bits per heavy atom. The molecule has 1 aromatic heterocycles. The van der Waals surface area contributed by atoms with E-state index in [1.54, 1.807) is 119 Å².